The highest BCUT2D eigenvalue weighted by molar-refractivity contribution is 9.10. The van der Waals surface area contributed by atoms with Crippen LogP contribution in [0.3, 0.4) is 0 Å². The van der Waals surface area contributed by atoms with Gasteiger partial charge in [0.25, 0.3) is 11.8 Å². The first-order valence-corrected chi connectivity index (χ1v) is 25.9. The van der Waals surface area contributed by atoms with Gasteiger partial charge in [-0.25, -0.2) is 0 Å². The molecule has 344 valence electrons. The van der Waals surface area contributed by atoms with Gasteiger partial charge in [-0.3, -0.25) is 9.59 Å². The van der Waals surface area contributed by atoms with Crippen LogP contribution in [0.5, 0.6) is 0 Å². The summed E-state index contributed by atoms with van der Waals surface area (Å²) in [5.41, 5.74) is 9.96. The van der Waals surface area contributed by atoms with Gasteiger partial charge in [-0.2, -0.15) is 9.98 Å². The summed E-state index contributed by atoms with van der Waals surface area (Å²) in [5, 5.41) is 1.33. The number of hydrogen-bond donors (Lipinski definition) is 0. The normalized spacial score (nSPS) is 17.8. The molecule has 2 aliphatic heterocycles. The Hall–Kier alpha value is -6.82. The molecule has 8 aromatic carbocycles. The highest BCUT2D eigenvalue weighted by Gasteiger charge is 2.39. The molecule has 0 radical (unpaired) electrons. The van der Waals surface area contributed by atoms with Crippen molar-refractivity contribution in [3.8, 4) is 0 Å². The molecule has 2 heterocycles. The number of anilines is 2. The molecule has 2 fully saturated rings. The molecule has 0 unspecified atom stereocenters. The van der Waals surface area contributed by atoms with Crippen LogP contribution < -0.4 is 9.80 Å². The van der Waals surface area contributed by atoms with E-state index in [-0.39, 0.29) is 23.9 Å². The molecule has 70 heavy (non-hydrogen) atoms. The molecular weight excluding hydrogens is 1030 g/mol. The fourth-order valence-corrected chi connectivity index (χ4v) is 10.9. The van der Waals surface area contributed by atoms with E-state index in [4.69, 9.17) is 0 Å². The smallest absolute Gasteiger partial charge is 0.279 e. The van der Waals surface area contributed by atoms with Crippen molar-refractivity contribution in [3.05, 3.63) is 282 Å². The van der Waals surface area contributed by atoms with E-state index in [0.717, 1.165) is 52.4 Å². The van der Waals surface area contributed by atoms with Gasteiger partial charge in [0.1, 0.15) is 0 Å². The monoisotopic (exact) mass is 1080 g/mol. The molecule has 0 bridgehead atoms. The zero-order chi connectivity index (χ0) is 48.4. The number of amides is 2. The van der Waals surface area contributed by atoms with Gasteiger partial charge in [0.05, 0.1) is 12.1 Å². The SMILES string of the molecule is Cc1ccc(N2C(=NC(=O)c3ccccc3)S/C(=C\c3ccccc3)[C@@H]2c2ccc(Br)cc2)cc1.Cc1ccc(N2C(=NC(=O)c3ccccc3)S/C(=C\c3ccccc3)[C@@H]2c2ccc(Br)cc2)cc1. The first kappa shape index (κ1) is 48.2. The number of hydrogen-bond acceptors (Lipinski definition) is 4. The molecule has 2 atom stereocenters. The second-order valence-corrected chi connectivity index (χ2v) is 20.5. The lowest BCUT2D eigenvalue weighted by atomic mass is 10.0. The van der Waals surface area contributed by atoms with E-state index in [9.17, 15) is 9.59 Å². The summed E-state index contributed by atoms with van der Waals surface area (Å²) in [4.78, 5) is 42.1. The molecule has 2 saturated heterocycles. The topological polar surface area (TPSA) is 65.3 Å². The molecular formula is C60H46Br2N4O2S2. The van der Waals surface area contributed by atoms with Crippen LogP contribution in [0.15, 0.2) is 247 Å². The van der Waals surface area contributed by atoms with E-state index in [1.54, 1.807) is 47.8 Å². The number of aryl methyl sites for hydroxylation is 2. The van der Waals surface area contributed by atoms with Crippen LogP contribution in [0.25, 0.3) is 12.2 Å². The molecule has 0 spiro atoms. The third-order valence-electron chi connectivity index (χ3n) is 11.5. The minimum Gasteiger partial charge on any atom is -0.308 e. The van der Waals surface area contributed by atoms with Gasteiger partial charge in [0, 0.05) is 41.3 Å². The number of aliphatic imine (C=N–C) groups is 2. The second-order valence-electron chi connectivity index (χ2n) is 16.6. The number of nitrogens with zero attached hydrogens (tertiary/aromatic N) is 4. The van der Waals surface area contributed by atoms with Gasteiger partial charge in [0.15, 0.2) is 10.3 Å². The maximum absolute atomic E-state index is 13.1. The van der Waals surface area contributed by atoms with Crippen molar-refractivity contribution < 1.29 is 9.59 Å². The van der Waals surface area contributed by atoms with E-state index < -0.39 is 0 Å². The molecule has 6 nitrogen and oxygen atoms in total. The highest BCUT2D eigenvalue weighted by atomic mass is 79.9. The van der Waals surface area contributed by atoms with Gasteiger partial charge in [-0.05, 0) is 121 Å². The number of carbonyl (C=O) groups excluding carboxylic acids is 2. The van der Waals surface area contributed by atoms with Crippen molar-refractivity contribution in [3.63, 3.8) is 0 Å². The fourth-order valence-electron chi connectivity index (χ4n) is 8.00. The van der Waals surface area contributed by atoms with Gasteiger partial charge >= 0.3 is 0 Å². The predicted molar refractivity (Wildman–Crippen MR) is 302 cm³/mol. The van der Waals surface area contributed by atoms with Crippen LogP contribution in [0.4, 0.5) is 11.4 Å². The summed E-state index contributed by atoms with van der Waals surface area (Å²) >= 11 is 10.2. The lowest BCUT2D eigenvalue weighted by Crippen LogP contribution is -2.28. The number of amidine groups is 2. The van der Waals surface area contributed by atoms with Gasteiger partial charge < -0.3 is 9.80 Å². The molecule has 8 aromatic rings. The number of thioether (sulfide) groups is 2. The van der Waals surface area contributed by atoms with Gasteiger partial charge in [-0.15, -0.1) is 0 Å². The number of rotatable bonds is 8. The first-order valence-electron chi connectivity index (χ1n) is 22.6. The van der Waals surface area contributed by atoms with Crippen LogP contribution in [-0.2, 0) is 0 Å². The third-order valence-corrected chi connectivity index (χ3v) is 14.7. The standard InChI is InChI=1S/2C30H23BrN2OS/c2*1-21-12-18-26(19-13-21)33-28(23-14-16-25(31)17-15-23)27(20-22-8-4-2-5-9-22)35-30(33)32-29(34)24-10-6-3-7-11-24/h2*2-20,28H,1H3/b2*27-20-,32-30?/t2*28-/m00/s1. The summed E-state index contributed by atoms with van der Waals surface area (Å²) < 4.78 is 2.05. The second kappa shape index (κ2) is 22.7. The molecule has 0 aromatic heterocycles. The van der Waals surface area contributed by atoms with Gasteiger partial charge in [0.2, 0.25) is 0 Å². The van der Waals surface area contributed by atoms with E-state index in [1.807, 2.05) is 72.8 Å². The van der Waals surface area contributed by atoms with Crippen LogP contribution in [0, 0.1) is 13.8 Å². The average molecular weight is 1080 g/mol. The molecule has 0 saturated carbocycles. The van der Waals surface area contributed by atoms with Crippen LogP contribution >= 0.6 is 55.4 Å². The van der Waals surface area contributed by atoms with Crippen molar-refractivity contribution >= 4 is 101 Å². The largest absolute Gasteiger partial charge is 0.308 e. The van der Waals surface area contributed by atoms with Gasteiger partial charge in [-0.1, -0.05) is 212 Å². The fraction of sp³-hybridized carbons (Fsp3) is 0.0667. The summed E-state index contributed by atoms with van der Waals surface area (Å²) in [6.45, 7) is 4.15. The highest BCUT2D eigenvalue weighted by Crippen LogP contribution is 2.50. The van der Waals surface area contributed by atoms with Crippen molar-refractivity contribution in [1.29, 1.82) is 0 Å². The first-order chi connectivity index (χ1) is 34.2. The van der Waals surface area contributed by atoms with E-state index in [0.29, 0.717) is 21.5 Å². The average Bonchev–Trinajstić information content (AvgIpc) is 3.92. The maximum Gasteiger partial charge on any atom is 0.279 e. The Bertz CT molecular complexity index is 2980. The predicted octanol–water partition coefficient (Wildman–Crippen LogP) is 16.6. The van der Waals surface area contributed by atoms with Crippen LogP contribution in [0.1, 0.15) is 66.2 Å². The Balaban J connectivity index is 0.000000174. The molecule has 2 aliphatic rings. The number of carbonyl (C=O) groups is 2. The number of halogens is 2. The quantitative estimate of drug-likeness (QED) is 0.151. The zero-order valence-corrected chi connectivity index (χ0v) is 43.1. The molecule has 10 rings (SSSR count). The lowest BCUT2D eigenvalue weighted by molar-refractivity contribution is 0.0994. The van der Waals surface area contributed by atoms with Crippen LogP contribution in [-0.4, -0.2) is 22.1 Å². The minimum atomic E-state index is -0.249. The molecule has 10 heteroatoms. The van der Waals surface area contributed by atoms with E-state index >= 15 is 0 Å². The van der Waals surface area contributed by atoms with Crippen molar-refractivity contribution in [1.82, 2.24) is 0 Å². The molecule has 2 amide bonds. The lowest BCUT2D eigenvalue weighted by Gasteiger charge is -2.27. The molecule has 0 aliphatic carbocycles. The Labute approximate surface area is 434 Å². The molecule has 0 N–H and O–H groups in total. The van der Waals surface area contributed by atoms with Crippen molar-refractivity contribution in [2.45, 2.75) is 25.9 Å². The van der Waals surface area contributed by atoms with Crippen molar-refractivity contribution in [2.75, 3.05) is 9.80 Å². The summed E-state index contributed by atoms with van der Waals surface area (Å²) in [5.74, 6) is -0.499. The summed E-state index contributed by atoms with van der Waals surface area (Å²) in [6, 6.07) is 72.2. The minimum absolute atomic E-state index is 0.113. The summed E-state index contributed by atoms with van der Waals surface area (Å²) in [7, 11) is 0. The van der Waals surface area contributed by atoms with Crippen molar-refractivity contribution in [2.24, 2.45) is 9.98 Å². The third kappa shape index (κ3) is 11.8. The maximum atomic E-state index is 13.1. The van der Waals surface area contributed by atoms with Crippen LogP contribution in [0.2, 0.25) is 0 Å². The summed E-state index contributed by atoms with van der Waals surface area (Å²) in [6.07, 6.45) is 4.38. The Morgan fingerprint density at radius 3 is 1.07 bits per heavy atom. The zero-order valence-electron chi connectivity index (χ0n) is 38.3. The Kier molecular flexibility index (Phi) is 15.7. The van der Waals surface area contributed by atoms with E-state index in [2.05, 4.69) is 199 Å². The Morgan fingerprint density at radius 1 is 0.429 bits per heavy atom. The number of benzene rings is 8. The Morgan fingerprint density at radius 2 is 0.743 bits per heavy atom. The van der Waals surface area contributed by atoms with E-state index in [1.165, 1.54) is 11.1 Å².